The number of nitrogens with zero attached hydrogens (tertiary/aromatic N) is 2. The van der Waals surface area contributed by atoms with Crippen LogP contribution in [0.5, 0.6) is 11.5 Å². The van der Waals surface area contributed by atoms with Gasteiger partial charge >= 0.3 is 18.2 Å². The van der Waals surface area contributed by atoms with Crippen LogP contribution in [-0.4, -0.2) is 99.4 Å². The number of rotatable bonds is 16. The number of ether oxygens (including phenoxy) is 5. The molecule has 0 aromatic heterocycles. The van der Waals surface area contributed by atoms with Crippen molar-refractivity contribution in [1.82, 2.24) is 10.6 Å². The molecule has 0 spiro atoms. The Morgan fingerprint density at radius 1 is 0.945 bits per heavy atom. The molecule has 0 saturated carbocycles. The van der Waals surface area contributed by atoms with Crippen LogP contribution in [-0.2, 0) is 35.0 Å². The molecular weight excluding hydrogens is 718 g/mol. The summed E-state index contributed by atoms with van der Waals surface area (Å²) in [5, 5.41) is 19.7. The minimum atomic E-state index is -1.61. The molecule has 4 atom stereocenters. The van der Waals surface area contributed by atoms with Crippen LogP contribution in [0.15, 0.2) is 55.6 Å². The average molecular weight is 766 g/mol. The molecule has 17 heteroatoms. The van der Waals surface area contributed by atoms with Crippen molar-refractivity contribution in [3.8, 4) is 11.5 Å². The van der Waals surface area contributed by atoms with E-state index in [1.165, 1.54) is 50.3 Å². The molecule has 2 heterocycles. The van der Waals surface area contributed by atoms with Gasteiger partial charge in [0.15, 0.2) is 17.7 Å². The molecule has 55 heavy (non-hydrogen) atoms. The fourth-order valence-electron chi connectivity index (χ4n) is 6.03. The van der Waals surface area contributed by atoms with Gasteiger partial charge in [-0.25, -0.2) is 14.5 Å². The van der Waals surface area contributed by atoms with Crippen molar-refractivity contribution in [1.29, 1.82) is 0 Å². The van der Waals surface area contributed by atoms with Crippen molar-refractivity contribution in [3.63, 3.8) is 0 Å². The topological polar surface area (TPSA) is 211 Å². The number of aliphatic hydroxyl groups excluding tert-OH is 1. The Morgan fingerprint density at radius 2 is 1.65 bits per heavy atom. The Kier molecular flexibility index (Phi) is 14.2. The van der Waals surface area contributed by atoms with E-state index in [4.69, 9.17) is 18.9 Å². The fourth-order valence-corrected chi connectivity index (χ4v) is 6.03. The lowest BCUT2D eigenvalue weighted by atomic mass is 10.0. The molecule has 0 unspecified atom stereocenters. The average Bonchev–Trinajstić information content (AvgIpc) is 3.51. The smallest absolute Gasteiger partial charge is 0.416 e. The van der Waals surface area contributed by atoms with Crippen LogP contribution in [0.25, 0.3) is 0 Å². The van der Waals surface area contributed by atoms with Gasteiger partial charge in [-0.2, -0.15) is 0 Å². The van der Waals surface area contributed by atoms with E-state index >= 15 is 0 Å². The van der Waals surface area contributed by atoms with Crippen molar-refractivity contribution in [2.24, 2.45) is 5.92 Å². The molecule has 2 aromatic carbocycles. The predicted molar refractivity (Wildman–Crippen MR) is 200 cm³/mol. The normalized spacial score (nSPS) is 16.6. The Balaban J connectivity index is 1.62. The highest BCUT2D eigenvalue weighted by Gasteiger charge is 2.47. The number of fused-ring (bicyclic) bond motifs is 4. The van der Waals surface area contributed by atoms with Gasteiger partial charge in [-0.05, 0) is 49.4 Å². The van der Waals surface area contributed by atoms with Crippen LogP contribution in [0.1, 0.15) is 49.5 Å². The van der Waals surface area contributed by atoms with E-state index in [1.54, 1.807) is 32.0 Å². The standard InChI is InChI=1S/C38H47N5O12/c1-8-14-54-37(49)41-32(21(3)4)34(46)39-22(5)33(45)40-24-13-12-23-17-28-36(48)43(38(50)55-15-9-2)27-20-30(53-16-10-11-31(44)52-7)29(51-6)19-25(27)35(47)42(28)26(23)18-24/h8-9,12-13,18-22,28,32,36,48H,1-2,10-11,14-17H2,3-7H3,(H,39,46)(H,40,45)(H,41,49)/t22-,28-,32-,36-/m0/s1. The molecule has 2 aliphatic heterocycles. The third-order valence-electron chi connectivity index (χ3n) is 8.81. The Hall–Kier alpha value is -6.10. The summed E-state index contributed by atoms with van der Waals surface area (Å²) >= 11 is 0. The molecule has 0 fully saturated rings. The largest absolute Gasteiger partial charge is 0.493 e. The third kappa shape index (κ3) is 9.72. The second-order valence-electron chi connectivity index (χ2n) is 13.0. The molecular formula is C38H47N5O12. The molecule has 4 N–H and O–H groups in total. The Morgan fingerprint density at radius 3 is 2.31 bits per heavy atom. The number of benzene rings is 2. The first-order valence-corrected chi connectivity index (χ1v) is 17.5. The number of methoxy groups -OCH3 is 2. The summed E-state index contributed by atoms with van der Waals surface area (Å²) < 4.78 is 26.3. The predicted octanol–water partition coefficient (Wildman–Crippen LogP) is 3.44. The highest BCUT2D eigenvalue weighted by molar-refractivity contribution is 6.15. The summed E-state index contributed by atoms with van der Waals surface area (Å²) in [4.78, 5) is 80.3. The maximum Gasteiger partial charge on any atom is 0.416 e. The van der Waals surface area contributed by atoms with Crippen LogP contribution in [0.4, 0.5) is 26.7 Å². The van der Waals surface area contributed by atoms with Gasteiger partial charge in [-0.3, -0.25) is 24.1 Å². The molecule has 0 radical (unpaired) electrons. The lowest BCUT2D eigenvalue weighted by Crippen LogP contribution is -2.53. The van der Waals surface area contributed by atoms with Crippen LogP contribution in [0.3, 0.4) is 0 Å². The highest BCUT2D eigenvalue weighted by atomic mass is 16.6. The summed E-state index contributed by atoms with van der Waals surface area (Å²) in [6.07, 6.45) is -0.0916. The van der Waals surface area contributed by atoms with Crippen LogP contribution >= 0.6 is 0 Å². The first-order valence-electron chi connectivity index (χ1n) is 17.5. The van der Waals surface area contributed by atoms with Crippen LogP contribution < -0.4 is 35.2 Å². The Bertz CT molecular complexity index is 1810. The quantitative estimate of drug-likeness (QED) is 0.0838. The lowest BCUT2D eigenvalue weighted by Gasteiger charge is -2.31. The molecule has 2 aromatic rings. The molecule has 2 aliphatic rings. The SMILES string of the molecule is C=CCOC(=O)N[C@H](C(=O)N[C@@H](C)C(=O)Nc1ccc2c(c1)N1C(=O)c3cc(OC)c(OCCCC(=O)OC)cc3N(C(=O)OCC=C)[C@@H](O)[C@@H]1C2)C(C)C. The summed E-state index contributed by atoms with van der Waals surface area (Å²) in [7, 11) is 2.65. The van der Waals surface area contributed by atoms with Gasteiger partial charge in [0.05, 0.1) is 38.1 Å². The molecule has 0 aliphatic carbocycles. The lowest BCUT2D eigenvalue weighted by molar-refractivity contribution is -0.140. The van der Waals surface area contributed by atoms with E-state index in [9.17, 15) is 33.9 Å². The molecule has 0 bridgehead atoms. The minimum Gasteiger partial charge on any atom is -0.493 e. The molecule has 17 nitrogen and oxygen atoms in total. The zero-order valence-electron chi connectivity index (χ0n) is 31.4. The van der Waals surface area contributed by atoms with Crippen molar-refractivity contribution < 1.29 is 57.6 Å². The van der Waals surface area contributed by atoms with E-state index in [1.807, 2.05) is 0 Å². The summed E-state index contributed by atoms with van der Waals surface area (Å²) in [6.45, 7) is 11.8. The molecule has 0 saturated heterocycles. The number of hydrogen-bond donors (Lipinski definition) is 4. The van der Waals surface area contributed by atoms with E-state index in [-0.39, 0.29) is 67.0 Å². The maximum atomic E-state index is 14.5. The molecule has 296 valence electrons. The van der Waals surface area contributed by atoms with Gasteiger partial charge in [0.25, 0.3) is 5.91 Å². The fraction of sp³-hybridized carbons (Fsp3) is 0.421. The van der Waals surface area contributed by atoms with E-state index in [0.29, 0.717) is 17.7 Å². The Labute approximate surface area is 318 Å². The van der Waals surface area contributed by atoms with Gasteiger partial charge in [0.1, 0.15) is 25.3 Å². The number of alkyl carbamates (subject to hydrolysis) is 1. The summed E-state index contributed by atoms with van der Waals surface area (Å²) in [5.74, 6) is -2.24. The van der Waals surface area contributed by atoms with E-state index < -0.39 is 60.2 Å². The number of esters is 1. The zero-order chi connectivity index (χ0) is 40.4. The number of anilines is 3. The van der Waals surface area contributed by atoms with Gasteiger partial charge in [0, 0.05) is 23.9 Å². The monoisotopic (exact) mass is 765 g/mol. The molecule has 4 rings (SSSR count). The first-order chi connectivity index (χ1) is 26.3. The van der Waals surface area contributed by atoms with Gasteiger partial charge in [-0.15, -0.1) is 0 Å². The first kappa shape index (κ1) is 41.7. The number of carbonyl (C=O) groups is 6. The summed E-state index contributed by atoms with van der Waals surface area (Å²) in [6, 6.07) is 4.61. The van der Waals surface area contributed by atoms with Crippen molar-refractivity contribution in [3.05, 3.63) is 66.8 Å². The second-order valence-corrected chi connectivity index (χ2v) is 13.0. The highest BCUT2D eigenvalue weighted by Crippen LogP contribution is 2.45. The van der Waals surface area contributed by atoms with Crippen LogP contribution in [0, 0.1) is 5.92 Å². The van der Waals surface area contributed by atoms with Gasteiger partial charge in [0.2, 0.25) is 11.8 Å². The number of hydrogen-bond acceptors (Lipinski definition) is 12. The summed E-state index contributed by atoms with van der Waals surface area (Å²) in [5.41, 5.74) is 1.25. The van der Waals surface area contributed by atoms with E-state index in [2.05, 4.69) is 33.8 Å². The number of amides is 5. The van der Waals surface area contributed by atoms with Gasteiger partial charge < -0.3 is 44.7 Å². The van der Waals surface area contributed by atoms with Crippen molar-refractivity contribution >= 4 is 52.9 Å². The third-order valence-corrected chi connectivity index (χ3v) is 8.81. The number of carbonyl (C=O) groups excluding carboxylic acids is 6. The number of aliphatic hydroxyl groups is 1. The number of nitrogens with one attached hydrogen (secondary N) is 3. The van der Waals surface area contributed by atoms with Gasteiger partial charge in [-0.1, -0.05) is 45.2 Å². The molecule has 5 amide bonds. The van der Waals surface area contributed by atoms with Crippen LogP contribution in [0.2, 0.25) is 0 Å². The second kappa shape index (κ2) is 18.8. The maximum absolute atomic E-state index is 14.5. The van der Waals surface area contributed by atoms with E-state index in [0.717, 1.165) is 4.90 Å². The minimum absolute atomic E-state index is 0.0107. The zero-order valence-corrected chi connectivity index (χ0v) is 31.4. The van der Waals surface area contributed by atoms with Crippen molar-refractivity contribution in [2.45, 2.75) is 64.4 Å². The van der Waals surface area contributed by atoms with Crippen molar-refractivity contribution in [2.75, 3.05) is 49.2 Å².